The van der Waals surface area contributed by atoms with Crippen molar-refractivity contribution in [2.24, 2.45) is 0 Å². The largest absolute Gasteiger partial charge is 1.00 e. The zero-order chi connectivity index (χ0) is 9.19. The van der Waals surface area contributed by atoms with Crippen molar-refractivity contribution in [2.75, 3.05) is 20.2 Å². The second-order valence-corrected chi connectivity index (χ2v) is 3.86. The molecule has 0 aromatic rings. The molecule has 0 aliphatic carbocycles. The average molecular weight is 211 g/mol. The van der Waals surface area contributed by atoms with Gasteiger partial charge in [0.05, 0.1) is 6.10 Å². The van der Waals surface area contributed by atoms with Gasteiger partial charge in [-0.3, -0.25) is 4.90 Å². The van der Waals surface area contributed by atoms with E-state index in [0.29, 0.717) is 13.0 Å². The number of nitrogens with zero attached hydrogens (tertiary/aromatic N) is 1. The summed E-state index contributed by atoms with van der Waals surface area (Å²) in [7, 11) is 1.93. The topological polar surface area (TPSA) is 46.5 Å². The first-order valence-electron chi connectivity index (χ1n) is 4.62. The zero-order valence-corrected chi connectivity index (χ0v) is 12.0. The van der Waals surface area contributed by atoms with Gasteiger partial charge in [-0.25, -0.2) is 0 Å². The zero-order valence-electron chi connectivity index (χ0n) is 8.92. The predicted octanol–water partition coefficient (Wildman–Crippen LogP) is -3.41. The Hall–Kier alpha value is 1.52. The molecule has 0 aromatic carbocycles. The number of aliphatic hydroxyl groups excluding tert-OH is 1. The van der Waals surface area contributed by atoms with E-state index in [4.69, 9.17) is 0 Å². The second kappa shape index (κ2) is 6.18. The van der Waals surface area contributed by atoms with Crippen LogP contribution in [0.15, 0.2) is 0 Å². The first kappa shape index (κ1) is 14.5. The molecule has 1 aliphatic rings. The summed E-state index contributed by atoms with van der Waals surface area (Å²) in [5.41, 5.74) is -0.256. The standard InChI is InChI=1S/C9H18NO2.K/c1-3-4-9(7-11)5-8(12)6-10(9)2;/h8,12H,3-7H2,1-2H3;/q-1;+1. The molecule has 1 saturated heterocycles. The van der Waals surface area contributed by atoms with Gasteiger partial charge in [-0.2, -0.15) is 0 Å². The van der Waals surface area contributed by atoms with Gasteiger partial charge in [0.2, 0.25) is 0 Å². The van der Waals surface area contributed by atoms with Crippen LogP contribution < -0.4 is 56.5 Å². The fourth-order valence-corrected chi connectivity index (χ4v) is 2.17. The normalized spacial score (nSPS) is 34.6. The van der Waals surface area contributed by atoms with E-state index in [1.54, 1.807) is 0 Å². The molecule has 0 spiro atoms. The average Bonchev–Trinajstić information content (AvgIpc) is 2.28. The Morgan fingerprint density at radius 3 is 2.54 bits per heavy atom. The molecule has 0 aromatic heterocycles. The van der Waals surface area contributed by atoms with Crippen molar-refractivity contribution >= 4 is 0 Å². The number of likely N-dealkylation sites (N-methyl/N-ethyl adjacent to an activating group) is 1. The summed E-state index contributed by atoms with van der Waals surface area (Å²) in [5.74, 6) is 0. The summed E-state index contributed by atoms with van der Waals surface area (Å²) in [4.78, 5) is 2.02. The first-order chi connectivity index (χ1) is 5.64. The van der Waals surface area contributed by atoms with Crippen LogP contribution in [-0.2, 0) is 0 Å². The summed E-state index contributed by atoms with van der Waals surface area (Å²) < 4.78 is 0. The minimum atomic E-state index is -0.296. The van der Waals surface area contributed by atoms with Crippen molar-refractivity contribution < 1.29 is 61.6 Å². The smallest absolute Gasteiger partial charge is 0.853 e. The van der Waals surface area contributed by atoms with Crippen molar-refractivity contribution in [3.8, 4) is 0 Å². The minimum Gasteiger partial charge on any atom is -0.853 e. The van der Waals surface area contributed by atoms with Crippen LogP contribution in [0.2, 0.25) is 0 Å². The van der Waals surface area contributed by atoms with Gasteiger partial charge in [0.25, 0.3) is 0 Å². The van der Waals surface area contributed by atoms with Crippen LogP contribution >= 0.6 is 0 Å². The monoisotopic (exact) mass is 211 g/mol. The molecule has 2 unspecified atom stereocenters. The summed E-state index contributed by atoms with van der Waals surface area (Å²) in [6.45, 7) is 2.65. The van der Waals surface area contributed by atoms with E-state index in [1.165, 1.54) is 0 Å². The van der Waals surface area contributed by atoms with Crippen LogP contribution in [0.3, 0.4) is 0 Å². The molecule has 1 heterocycles. The molecule has 1 rings (SSSR count). The molecule has 2 atom stereocenters. The predicted molar refractivity (Wildman–Crippen MR) is 45.8 cm³/mol. The van der Waals surface area contributed by atoms with E-state index >= 15 is 0 Å². The molecule has 1 aliphatic heterocycles. The van der Waals surface area contributed by atoms with Crippen molar-refractivity contribution in [1.29, 1.82) is 0 Å². The number of hydrogen-bond acceptors (Lipinski definition) is 3. The van der Waals surface area contributed by atoms with Gasteiger partial charge >= 0.3 is 51.4 Å². The molecule has 1 N–H and O–H groups in total. The molecule has 3 nitrogen and oxygen atoms in total. The maximum absolute atomic E-state index is 11.0. The Morgan fingerprint density at radius 1 is 1.62 bits per heavy atom. The van der Waals surface area contributed by atoms with Crippen LogP contribution in [0, 0.1) is 0 Å². The molecule has 72 valence electrons. The molecule has 0 radical (unpaired) electrons. The van der Waals surface area contributed by atoms with Crippen molar-refractivity contribution in [3.63, 3.8) is 0 Å². The maximum atomic E-state index is 11.0. The number of likely N-dealkylation sites (tertiary alicyclic amines) is 1. The maximum Gasteiger partial charge on any atom is 1.00 e. The van der Waals surface area contributed by atoms with Gasteiger partial charge in [-0.1, -0.05) is 13.3 Å². The molecule has 13 heavy (non-hydrogen) atoms. The number of hydrogen-bond donors (Lipinski definition) is 1. The number of β-amino-alcohol motifs (C(OH)–C–C–N with tert-alkyl or cyclic N) is 1. The third-order valence-electron chi connectivity index (χ3n) is 2.89. The van der Waals surface area contributed by atoms with Crippen LogP contribution in [0.1, 0.15) is 26.2 Å². The molecule has 0 bridgehead atoms. The quantitative estimate of drug-likeness (QED) is 0.495. The van der Waals surface area contributed by atoms with Gasteiger partial charge in [-0.15, -0.1) is 6.61 Å². The Bertz CT molecular complexity index is 157. The van der Waals surface area contributed by atoms with Crippen molar-refractivity contribution in [2.45, 2.75) is 37.8 Å². The van der Waals surface area contributed by atoms with E-state index in [0.717, 1.165) is 12.8 Å². The SMILES string of the molecule is CCCC1(C[O-])CC(O)CN1C.[K+]. The van der Waals surface area contributed by atoms with Crippen LogP contribution in [0.25, 0.3) is 0 Å². The minimum absolute atomic E-state index is 0. The van der Waals surface area contributed by atoms with Gasteiger partial charge < -0.3 is 10.2 Å². The summed E-state index contributed by atoms with van der Waals surface area (Å²) in [5, 5.41) is 20.5. The van der Waals surface area contributed by atoms with Crippen LogP contribution in [0.4, 0.5) is 0 Å². The van der Waals surface area contributed by atoms with E-state index in [-0.39, 0.29) is 69.6 Å². The molecular formula is C9H18KNO2. The molecule has 0 saturated carbocycles. The second-order valence-electron chi connectivity index (χ2n) is 3.86. The van der Waals surface area contributed by atoms with Gasteiger partial charge in [0.1, 0.15) is 0 Å². The van der Waals surface area contributed by atoms with Crippen molar-refractivity contribution in [1.82, 2.24) is 4.90 Å². The molecule has 4 heteroatoms. The third kappa shape index (κ3) is 3.24. The number of aliphatic hydroxyl groups is 1. The Balaban J connectivity index is 0.00000144. The summed E-state index contributed by atoms with van der Waals surface area (Å²) in [6, 6.07) is 0. The van der Waals surface area contributed by atoms with Gasteiger partial charge in [-0.05, 0) is 19.9 Å². The Kier molecular flexibility index (Phi) is 6.90. The number of rotatable bonds is 3. The van der Waals surface area contributed by atoms with E-state index < -0.39 is 0 Å². The van der Waals surface area contributed by atoms with Crippen LogP contribution in [-0.4, -0.2) is 41.8 Å². The first-order valence-corrected chi connectivity index (χ1v) is 4.62. The Morgan fingerprint density at radius 2 is 2.23 bits per heavy atom. The molecule has 0 amide bonds. The molecular weight excluding hydrogens is 193 g/mol. The van der Waals surface area contributed by atoms with Gasteiger partial charge in [0.15, 0.2) is 0 Å². The summed E-state index contributed by atoms with van der Waals surface area (Å²) >= 11 is 0. The van der Waals surface area contributed by atoms with Crippen molar-refractivity contribution in [3.05, 3.63) is 0 Å². The fraction of sp³-hybridized carbons (Fsp3) is 1.00. The Labute approximate surface area is 123 Å². The van der Waals surface area contributed by atoms with Crippen LogP contribution in [0.5, 0.6) is 0 Å². The van der Waals surface area contributed by atoms with E-state index in [1.807, 2.05) is 11.9 Å². The molecule has 1 fully saturated rings. The van der Waals surface area contributed by atoms with Gasteiger partial charge in [0, 0.05) is 12.1 Å². The van der Waals surface area contributed by atoms with E-state index in [2.05, 4.69) is 6.92 Å². The fourth-order valence-electron chi connectivity index (χ4n) is 2.17. The summed E-state index contributed by atoms with van der Waals surface area (Å²) in [6.07, 6.45) is 2.28. The third-order valence-corrected chi connectivity index (χ3v) is 2.89. The van der Waals surface area contributed by atoms with E-state index in [9.17, 15) is 10.2 Å².